The summed E-state index contributed by atoms with van der Waals surface area (Å²) in [6.45, 7) is 8.56. The number of carbonyl (C=O) groups excluding carboxylic acids is 2. The quantitative estimate of drug-likeness (QED) is 0.672. The Morgan fingerprint density at radius 3 is 1.92 bits per heavy atom. The molecule has 1 rings (SSSR count). The van der Waals surface area contributed by atoms with E-state index in [1.807, 2.05) is 20.8 Å². The van der Waals surface area contributed by atoms with Gasteiger partial charge in [-0.2, -0.15) is 0 Å². The van der Waals surface area contributed by atoms with Crippen molar-refractivity contribution in [1.29, 1.82) is 0 Å². The first-order valence-electron chi connectivity index (χ1n) is 8.08. The molecule has 0 spiro atoms. The Bertz CT molecular complexity index is 548. The summed E-state index contributed by atoms with van der Waals surface area (Å²) in [5.74, 6) is 0.548. The average molecular weight is 354 g/mol. The van der Waals surface area contributed by atoms with Crippen LogP contribution in [0.4, 0.5) is 0 Å². The van der Waals surface area contributed by atoms with E-state index in [4.69, 9.17) is 19.9 Å². The van der Waals surface area contributed by atoms with Crippen LogP contribution in [0.25, 0.3) is 0 Å². The van der Waals surface area contributed by atoms with Crippen LogP contribution >= 0.6 is 0 Å². The maximum atomic E-state index is 12.4. The molecule has 1 unspecified atom stereocenters. The summed E-state index contributed by atoms with van der Waals surface area (Å²) in [7, 11) is 0. The molecular weight excluding hydrogens is 324 g/mol. The number of benzene rings is 1. The minimum atomic E-state index is -0.473. The lowest BCUT2D eigenvalue weighted by Crippen LogP contribution is -2.35. The molecule has 0 aliphatic heterocycles. The number of hydrogen-bond acceptors (Lipinski definition) is 5. The maximum Gasteiger partial charge on any atom is 0.251 e. The first-order chi connectivity index (χ1) is 11.4. The highest BCUT2D eigenvalue weighted by atomic mass is 16.5. The van der Waals surface area contributed by atoms with Crippen LogP contribution in [0.15, 0.2) is 12.1 Å². The number of nitrogens with two attached hydrogens (primary N) is 1. The molecule has 1 aromatic carbocycles. The Kier molecular flexibility index (Phi) is 10.1. The lowest BCUT2D eigenvalue weighted by molar-refractivity contribution is -0.118. The fourth-order valence-corrected chi connectivity index (χ4v) is 2.18. The van der Waals surface area contributed by atoms with Crippen LogP contribution in [0.5, 0.6) is 17.2 Å². The number of nitrogens with one attached hydrogen (secondary N) is 1. The zero-order chi connectivity index (χ0) is 18.1. The molecule has 142 valence electrons. The predicted molar refractivity (Wildman–Crippen MR) is 97.4 cm³/mol. The number of rotatable bonds is 10. The van der Waals surface area contributed by atoms with Gasteiger partial charge in [0.05, 0.1) is 19.8 Å². The van der Waals surface area contributed by atoms with Crippen LogP contribution in [0.2, 0.25) is 0 Å². The highest BCUT2D eigenvalue weighted by Crippen LogP contribution is 2.39. The summed E-state index contributed by atoms with van der Waals surface area (Å²) in [5, 5.41) is 2.73. The smallest absolute Gasteiger partial charge is 0.251 e. The van der Waals surface area contributed by atoms with Gasteiger partial charge in [-0.3, -0.25) is 9.59 Å². The van der Waals surface area contributed by atoms with Crippen LogP contribution in [-0.4, -0.2) is 37.7 Å². The van der Waals surface area contributed by atoms with Gasteiger partial charge in [-0.15, -0.1) is 0 Å². The summed E-state index contributed by atoms with van der Waals surface area (Å²) in [6, 6.07) is 2.83. The fraction of sp³-hybridized carbons (Fsp3) is 0.556. The van der Waals surface area contributed by atoms with Gasteiger partial charge in [0.2, 0.25) is 11.7 Å². The molecule has 7 heteroatoms. The molecule has 0 radical (unpaired) electrons. The minimum Gasteiger partial charge on any atom is -0.490 e. The van der Waals surface area contributed by atoms with Crippen molar-refractivity contribution in [2.75, 3.05) is 19.8 Å². The van der Waals surface area contributed by atoms with Gasteiger partial charge in [-0.1, -0.05) is 7.43 Å². The summed E-state index contributed by atoms with van der Waals surface area (Å²) in [6.07, 6.45) is 0.0689. The molecule has 0 saturated heterocycles. The maximum absolute atomic E-state index is 12.4. The number of carbonyl (C=O) groups is 2. The molecule has 0 heterocycles. The Labute approximate surface area is 149 Å². The van der Waals surface area contributed by atoms with E-state index < -0.39 is 5.91 Å². The van der Waals surface area contributed by atoms with E-state index in [0.29, 0.717) is 42.6 Å². The molecule has 2 amide bonds. The van der Waals surface area contributed by atoms with E-state index >= 15 is 0 Å². The van der Waals surface area contributed by atoms with Crippen LogP contribution in [-0.2, 0) is 4.79 Å². The summed E-state index contributed by atoms with van der Waals surface area (Å²) in [5.41, 5.74) is 5.50. The van der Waals surface area contributed by atoms with E-state index in [2.05, 4.69) is 5.32 Å². The molecule has 0 aromatic heterocycles. The van der Waals surface area contributed by atoms with Crippen molar-refractivity contribution in [3.05, 3.63) is 17.7 Å². The van der Waals surface area contributed by atoms with E-state index in [-0.39, 0.29) is 25.8 Å². The number of hydrogen-bond donors (Lipinski definition) is 2. The molecule has 0 aliphatic rings. The van der Waals surface area contributed by atoms with Gasteiger partial charge in [0.15, 0.2) is 11.5 Å². The molecule has 0 saturated carbocycles. The monoisotopic (exact) mass is 354 g/mol. The van der Waals surface area contributed by atoms with Crippen molar-refractivity contribution < 1.29 is 23.8 Å². The average Bonchev–Trinajstić information content (AvgIpc) is 2.49. The first kappa shape index (κ1) is 22.6. The molecule has 0 aliphatic carbocycles. The third-order valence-corrected chi connectivity index (χ3v) is 3.06. The van der Waals surface area contributed by atoms with Crippen molar-refractivity contribution in [3.8, 4) is 17.2 Å². The van der Waals surface area contributed by atoms with E-state index in [1.54, 1.807) is 19.1 Å². The van der Waals surface area contributed by atoms with Gasteiger partial charge >= 0.3 is 0 Å². The van der Waals surface area contributed by atoms with Crippen molar-refractivity contribution in [2.45, 2.75) is 47.6 Å². The van der Waals surface area contributed by atoms with Crippen molar-refractivity contribution >= 4 is 11.8 Å². The van der Waals surface area contributed by atoms with Gasteiger partial charge in [-0.05, 0) is 39.8 Å². The lowest BCUT2D eigenvalue weighted by Gasteiger charge is -2.18. The van der Waals surface area contributed by atoms with Gasteiger partial charge < -0.3 is 25.3 Å². The Morgan fingerprint density at radius 1 is 1.04 bits per heavy atom. The van der Waals surface area contributed by atoms with Crippen molar-refractivity contribution in [3.63, 3.8) is 0 Å². The normalized spacial score (nSPS) is 11.0. The molecule has 3 N–H and O–H groups in total. The molecule has 7 nitrogen and oxygen atoms in total. The second-order valence-corrected chi connectivity index (χ2v) is 5.15. The zero-order valence-corrected chi connectivity index (χ0v) is 14.7. The standard InChI is InChI=1S/C17H26N2O5.CH4/c1-5-22-13-9-12(17(21)19-11(4)8-15(18)20)10-14(23-6-2)16(13)24-7-3;/h9-11H,5-8H2,1-4H3,(H2,18,20)(H,19,21);1H4. The molecule has 25 heavy (non-hydrogen) atoms. The molecule has 0 fully saturated rings. The SMILES string of the molecule is C.CCOc1cc(C(=O)NC(C)CC(N)=O)cc(OCC)c1OCC. The fourth-order valence-electron chi connectivity index (χ4n) is 2.18. The second kappa shape index (κ2) is 11.2. The summed E-state index contributed by atoms with van der Waals surface area (Å²) in [4.78, 5) is 23.3. The number of primary amides is 1. The highest BCUT2D eigenvalue weighted by molar-refractivity contribution is 5.96. The number of ether oxygens (including phenoxy) is 3. The van der Waals surface area contributed by atoms with Gasteiger partial charge in [-0.25, -0.2) is 0 Å². The molecule has 0 bridgehead atoms. The summed E-state index contributed by atoms with van der Waals surface area (Å²) < 4.78 is 16.8. The van der Waals surface area contributed by atoms with Gasteiger partial charge in [0.1, 0.15) is 0 Å². The second-order valence-electron chi connectivity index (χ2n) is 5.15. The predicted octanol–water partition coefficient (Wildman–Crippen LogP) is 2.51. The molecular formula is C18H30N2O5. The van der Waals surface area contributed by atoms with E-state index in [0.717, 1.165) is 0 Å². The van der Waals surface area contributed by atoms with Crippen LogP contribution in [0, 0.1) is 0 Å². The van der Waals surface area contributed by atoms with Crippen LogP contribution in [0.3, 0.4) is 0 Å². The third-order valence-electron chi connectivity index (χ3n) is 3.06. The Morgan fingerprint density at radius 2 is 1.52 bits per heavy atom. The third kappa shape index (κ3) is 6.91. The van der Waals surface area contributed by atoms with Crippen LogP contribution < -0.4 is 25.3 Å². The first-order valence-corrected chi connectivity index (χ1v) is 8.08. The van der Waals surface area contributed by atoms with Crippen LogP contribution in [0.1, 0.15) is 51.9 Å². The van der Waals surface area contributed by atoms with E-state index in [1.165, 1.54) is 0 Å². The summed E-state index contributed by atoms with van der Waals surface area (Å²) >= 11 is 0. The van der Waals surface area contributed by atoms with Crippen molar-refractivity contribution in [2.24, 2.45) is 5.73 Å². The minimum absolute atomic E-state index is 0. The van der Waals surface area contributed by atoms with E-state index in [9.17, 15) is 9.59 Å². The van der Waals surface area contributed by atoms with Gasteiger partial charge in [0, 0.05) is 18.0 Å². The van der Waals surface area contributed by atoms with Crippen molar-refractivity contribution in [1.82, 2.24) is 5.32 Å². The highest BCUT2D eigenvalue weighted by Gasteiger charge is 2.19. The Balaban J connectivity index is 0.00000576. The topological polar surface area (TPSA) is 99.9 Å². The van der Waals surface area contributed by atoms with Gasteiger partial charge in [0.25, 0.3) is 5.91 Å². The number of amides is 2. The molecule has 1 aromatic rings. The Hall–Kier alpha value is -2.44. The zero-order valence-electron chi connectivity index (χ0n) is 14.7. The molecule has 1 atom stereocenters. The largest absolute Gasteiger partial charge is 0.490 e. The lowest BCUT2D eigenvalue weighted by atomic mass is 10.1.